The zero-order chi connectivity index (χ0) is 20.3. The normalized spacial score (nSPS) is 12.0. The molecule has 0 radical (unpaired) electrons. The standard InChI is InChI=1S/C17H14N4O5S2/c1-20-9-10-27-17(20)18-16(22)14-7-2-3-8-15(14)19-28(25,26)13-6-4-5-12(11-13)21(23)24/h2-11,19H,1H3. The van der Waals surface area contributed by atoms with E-state index < -0.39 is 20.9 Å². The number of amides is 1. The van der Waals surface area contributed by atoms with Crippen molar-refractivity contribution < 1.29 is 18.1 Å². The van der Waals surface area contributed by atoms with Gasteiger partial charge in [0.05, 0.1) is 21.1 Å². The number of sulfonamides is 1. The number of rotatable bonds is 5. The van der Waals surface area contributed by atoms with E-state index in [0.29, 0.717) is 4.80 Å². The number of nitro groups is 1. The number of aryl methyl sites for hydroxylation is 1. The third kappa shape index (κ3) is 4.15. The number of hydrogen-bond acceptors (Lipinski definition) is 6. The van der Waals surface area contributed by atoms with Crippen LogP contribution in [0.25, 0.3) is 0 Å². The number of nitro benzene ring substituents is 1. The lowest BCUT2D eigenvalue weighted by molar-refractivity contribution is -0.385. The topological polar surface area (TPSA) is 124 Å². The first-order valence-electron chi connectivity index (χ1n) is 7.83. The Bertz CT molecular complexity index is 1230. The van der Waals surface area contributed by atoms with Gasteiger partial charge in [-0.05, 0) is 18.2 Å². The average molecular weight is 418 g/mol. The largest absolute Gasteiger partial charge is 0.327 e. The number of non-ortho nitro benzene ring substituents is 1. The Balaban J connectivity index is 1.98. The van der Waals surface area contributed by atoms with E-state index in [1.54, 1.807) is 35.3 Å². The van der Waals surface area contributed by atoms with Crippen molar-refractivity contribution in [1.29, 1.82) is 0 Å². The summed E-state index contributed by atoms with van der Waals surface area (Å²) in [6.07, 6.45) is 1.74. The van der Waals surface area contributed by atoms with E-state index >= 15 is 0 Å². The molecule has 0 unspecified atom stereocenters. The number of anilines is 1. The maximum atomic E-state index is 12.6. The lowest BCUT2D eigenvalue weighted by atomic mass is 10.2. The molecule has 0 aliphatic carbocycles. The van der Waals surface area contributed by atoms with Crippen molar-refractivity contribution in [2.45, 2.75) is 4.90 Å². The zero-order valence-corrected chi connectivity index (χ0v) is 16.1. The Hall–Kier alpha value is -3.31. The second-order valence-electron chi connectivity index (χ2n) is 5.62. The highest BCUT2D eigenvalue weighted by Gasteiger charge is 2.20. The third-order valence-electron chi connectivity index (χ3n) is 3.70. The van der Waals surface area contributed by atoms with Crippen LogP contribution in [0.1, 0.15) is 10.4 Å². The lowest BCUT2D eigenvalue weighted by Crippen LogP contribution is -2.17. The molecule has 1 aromatic heterocycles. The number of benzene rings is 2. The van der Waals surface area contributed by atoms with E-state index in [-0.39, 0.29) is 21.8 Å². The number of para-hydroxylation sites is 1. The molecular formula is C17H14N4O5S2. The zero-order valence-electron chi connectivity index (χ0n) is 14.5. The molecule has 0 atom stereocenters. The molecule has 3 rings (SSSR count). The van der Waals surface area contributed by atoms with E-state index in [9.17, 15) is 23.3 Å². The maximum Gasteiger partial charge on any atom is 0.281 e. The molecule has 0 aliphatic rings. The average Bonchev–Trinajstić information content (AvgIpc) is 3.06. The molecule has 2 aromatic carbocycles. The molecule has 1 N–H and O–H groups in total. The summed E-state index contributed by atoms with van der Waals surface area (Å²) in [5, 5.41) is 12.7. The van der Waals surface area contributed by atoms with Crippen LogP contribution < -0.4 is 9.52 Å². The monoisotopic (exact) mass is 418 g/mol. The third-order valence-corrected chi connectivity index (χ3v) is 5.91. The molecule has 1 amide bonds. The van der Waals surface area contributed by atoms with Gasteiger partial charge < -0.3 is 4.57 Å². The fraction of sp³-hybridized carbons (Fsp3) is 0.0588. The minimum Gasteiger partial charge on any atom is -0.327 e. The van der Waals surface area contributed by atoms with Crippen molar-refractivity contribution in [3.05, 3.63) is 80.6 Å². The van der Waals surface area contributed by atoms with Gasteiger partial charge in [-0.1, -0.05) is 18.2 Å². The minimum absolute atomic E-state index is 0.0296. The highest BCUT2D eigenvalue weighted by molar-refractivity contribution is 7.92. The van der Waals surface area contributed by atoms with Gasteiger partial charge in [0.2, 0.25) is 0 Å². The maximum absolute atomic E-state index is 12.6. The van der Waals surface area contributed by atoms with E-state index in [4.69, 9.17) is 0 Å². The molecule has 144 valence electrons. The summed E-state index contributed by atoms with van der Waals surface area (Å²) in [5.74, 6) is -0.615. The minimum atomic E-state index is -4.15. The Morgan fingerprint density at radius 1 is 1.21 bits per heavy atom. The van der Waals surface area contributed by atoms with Gasteiger partial charge in [0.1, 0.15) is 0 Å². The van der Waals surface area contributed by atoms with Crippen molar-refractivity contribution in [2.75, 3.05) is 4.72 Å². The van der Waals surface area contributed by atoms with Crippen LogP contribution in [0, 0.1) is 10.1 Å². The predicted molar refractivity (Wildman–Crippen MR) is 104 cm³/mol. The van der Waals surface area contributed by atoms with Crippen molar-refractivity contribution in [1.82, 2.24) is 4.57 Å². The van der Waals surface area contributed by atoms with E-state index in [0.717, 1.165) is 6.07 Å². The predicted octanol–water partition coefficient (Wildman–Crippen LogP) is 2.54. The van der Waals surface area contributed by atoms with Crippen molar-refractivity contribution in [3.8, 4) is 0 Å². The quantitative estimate of drug-likeness (QED) is 0.504. The first-order chi connectivity index (χ1) is 13.3. The van der Waals surface area contributed by atoms with E-state index in [1.165, 1.54) is 41.7 Å². The van der Waals surface area contributed by atoms with Crippen LogP contribution in [0.4, 0.5) is 11.4 Å². The Labute approximate surface area is 163 Å². The number of carbonyl (C=O) groups excluding carboxylic acids is 1. The van der Waals surface area contributed by atoms with Crippen LogP contribution in [0.3, 0.4) is 0 Å². The second-order valence-corrected chi connectivity index (χ2v) is 8.17. The molecule has 3 aromatic rings. The molecule has 0 saturated heterocycles. The Morgan fingerprint density at radius 3 is 2.64 bits per heavy atom. The molecule has 1 heterocycles. The highest BCUT2D eigenvalue weighted by Crippen LogP contribution is 2.23. The van der Waals surface area contributed by atoms with Crippen LogP contribution in [0.2, 0.25) is 0 Å². The van der Waals surface area contributed by atoms with Gasteiger partial charge in [-0.15, -0.1) is 11.3 Å². The number of aromatic nitrogens is 1. The molecular weight excluding hydrogens is 404 g/mol. The first kappa shape index (κ1) is 19.5. The Morgan fingerprint density at radius 2 is 1.96 bits per heavy atom. The van der Waals surface area contributed by atoms with Crippen LogP contribution >= 0.6 is 11.3 Å². The molecule has 0 saturated carbocycles. The van der Waals surface area contributed by atoms with E-state index in [2.05, 4.69) is 9.71 Å². The molecule has 9 nitrogen and oxygen atoms in total. The van der Waals surface area contributed by atoms with Gasteiger partial charge in [0.15, 0.2) is 4.80 Å². The number of carbonyl (C=O) groups is 1. The van der Waals surface area contributed by atoms with Crippen LogP contribution in [0.15, 0.2) is 70.0 Å². The lowest BCUT2D eigenvalue weighted by Gasteiger charge is -2.10. The molecule has 0 bridgehead atoms. The summed E-state index contributed by atoms with van der Waals surface area (Å²) >= 11 is 1.27. The first-order valence-corrected chi connectivity index (χ1v) is 10.2. The van der Waals surface area contributed by atoms with E-state index in [1.807, 2.05) is 0 Å². The van der Waals surface area contributed by atoms with Gasteiger partial charge in [0, 0.05) is 30.8 Å². The summed E-state index contributed by atoms with van der Waals surface area (Å²) in [7, 11) is -2.41. The summed E-state index contributed by atoms with van der Waals surface area (Å²) in [5.41, 5.74) is -0.265. The number of nitrogens with one attached hydrogen (secondary N) is 1. The number of thiazole rings is 1. The van der Waals surface area contributed by atoms with Crippen LogP contribution in [0.5, 0.6) is 0 Å². The van der Waals surface area contributed by atoms with Gasteiger partial charge in [-0.2, -0.15) is 4.99 Å². The fourth-order valence-electron chi connectivity index (χ4n) is 2.31. The van der Waals surface area contributed by atoms with Crippen molar-refractivity contribution >= 4 is 38.6 Å². The molecule has 11 heteroatoms. The summed E-state index contributed by atoms with van der Waals surface area (Å²) in [6, 6.07) is 10.7. The summed E-state index contributed by atoms with van der Waals surface area (Å²) < 4.78 is 29.3. The molecule has 0 spiro atoms. The second kappa shape index (κ2) is 7.74. The highest BCUT2D eigenvalue weighted by atomic mass is 32.2. The van der Waals surface area contributed by atoms with Gasteiger partial charge in [-0.25, -0.2) is 8.42 Å². The smallest absolute Gasteiger partial charge is 0.281 e. The molecule has 0 aliphatic heterocycles. The van der Waals surface area contributed by atoms with Crippen LogP contribution in [-0.4, -0.2) is 23.8 Å². The fourth-order valence-corrected chi connectivity index (χ4v) is 4.16. The van der Waals surface area contributed by atoms with Crippen LogP contribution in [-0.2, 0) is 17.1 Å². The SMILES string of the molecule is Cn1ccsc1=NC(=O)c1ccccc1NS(=O)(=O)c1cccc([N+](=O)[O-])c1. The number of hydrogen-bond donors (Lipinski definition) is 1. The summed E-state index contributed by atoms with van der Waals surface area (Å²) in [6.45, 7) is 0. The molecule has 28 heavy (non-hydrogen) atoms. The van der Waals surface area contributed by atoms with Gasteiger partial charge >= 0.3 is 0 Å². The van der Waals surface area contributed by atoms with Gasteiger partial charge in [0.25, 0.3) is 21.6 Å². The van der Waals surface area contributed by atoms with Crippen molar-refractivity contribution in [2.24, 2.45) is 12.0 Å². The van der Waals surface area contributed by atoms with Gasteiger partial charge in [-0.3, -0.25) is 19.6 Å². The Kier molecular flexibility index (Phi) is 5.38. The molecule has 0 fully saturated rings. The number of nitrogens with zero attached hydrogens (tertiary/aromatic N) is 3. The summed E-state index contributed by atoms with van der Waals surface area (Å²) in [4.78, 5) is 26.9. The van der Waals surface area contributed by atoms with Crippen molar-refractivity contribution in [3.63, 3.8) is 0 Å².